The molecule has 0 atom stereocenters. The Kier molecular flexibility index (Phi) is 5.52. The molecule has 1 aliphatic rings. The number of aromatic nitrogens is 3. The van der Waals surface area contributed by atoms with E-state index in [0.29, 0.717) is 25.4 Å². The zero-order valence-corrected chi connectivity index (χ0v) is 16.7. The van der Waals surface area contributed by atoms with Gasteiger partial charge in [0.25, 0.3) is 0 Å². The zero-order chi connectivity index (χ0) is 22.0. The molecule has 0 bridgehead atoms. The number of amides is 1. The highest BCUT2D eigenvalue weighted by molar-refractivity contribution is 5.90. The van der Waals surface area contributed by atoms with Gasteiger partial charge in [0.05, 0.1) is 6.61 Å². The van der Waals surface area contributed by atoms with Gasteiger partial charge in [0.15, 0.2) is 0 Å². The van der Waals surface area contributed by atoms with Gasteiger partial charge in [0.1, 0.15) is 18.1 Å². The summed E-state index contributed by atoms with van der Waals surface area (Å²) in [5.41, 5.74) is -0.476. The molecule has 4 rings (SSSR count). The maximum absolute atomic E-state index is 13.0. The lowest BCUT2D eigenvalue weighted by molar-refractivity contribution is -0.117. The number of hydrogen-bond donors (Lipinski definition) is 1. The van der Waals surface area contributed by atoms with E-state index in [2.05, 4.69) is 10.4 Å². The second-order valence-electron chi connectivity index (χ2n) is 6.85. The Bertz CT molecular complexity index is 1220. The summed E-state index contributed by atoms with van der Waals surface area (Å²) in [6, 6.07) is 12.5. The third-order valence-corrected chi connectivity index (χ3v) is 4.78. The molecule has 0 fully saturated rings. The number of ether oxygens (including phenoxy) is 1. The van der Waals surface area contributed by atoms with Gasteiger partial charge >= 0.3 is 11.1 Å². The highest BCUT2D eigenvalue weighted by Crippen LogP contribution is 2.28. The average Bonchev–Trinajstić information content (AvgIpc) is 3.18. The molecule has 2 aromatic carbocycles. The van der Waals surface area contributed by atoms with Crippen molar-refractivity contribution in [1.82, 2.24) is 14.3 Å². The first-order valence-electron chi connectivity index (χ1n) is 9.74. The molecular weight excluding hydrogens is 405 g/mol. The molecule has 0 saturated carbocycles. The van der Waals surface area contributed by atoms with Crippen molar-refractivity contribution in [2.45, 2.75) is 20.0 Å². The lowest BCUT2D eigenvalue weighted by atomic mass is 10.3. The van der Waals surface area contributed by atoms with Crippen molar-refractivity contribution in [2.24, 2.45) is 0 Å². The Labute approximate surface area is 176 Å². The number of carbonyl (C=O) groups excluding carboxylic acids is 1. The van der Waals surface area contributed by atoms with Crippen LogP contribution in [0.15, 0.2) is 58.1 Å². The van der Waals surface area contributed by atoms with Crippen molar-refractivity contribution in [1.29, 1.82) is 0 Å². The number of nitrogens with one attached hydrogen (secondary N) is 1. The molecule has 3 aromatic rings. The van der Waals surface area contributed by atoms with Crippen LogP contribution < -0.4 is 26.1 Å². The number of halogens is 1. The second-order valence-corrected chi connectivity index (χ2v) is 6.85. The van der Waals surface area contributed by atoms with E-state index in [4.69, 9.17) is 4.74 Å². The minimum absolute atomic E-state index is 0.281. The van der Waals surface area contributed by atoms with E-state index >= 15 is 0 Å². The van der Waals surface area contributed by atoms with Crippen LogP contribution in [-0.4, -0.2) is 33.4 Å². The molecule has 0 aliphatic carbocycles. The SMILES string of the molecule is CCOc1ccc(N2CCn3c2nn(CC(=O)Nc2ccc(F)cc2)c(=O)c3=O)cc1. The standard InChI is InChI=1S/C21H20FN5O4/c1-2-31-17-9-7-16(8-10-17)25-11-12-26-19(29)20(30)27(24-21(25)26)13-18(28)23-15-5-3-14(22)4-6-15/h3-10H,2,11-13H2,1H3,(H,23,28). The molecule has 1 amide bonds. The molecule has 9 nitrogen and oxygen atoms in total. The predicted octanol–water partition coefficient (Wildman–Crippen LogP) is 1.73. The molecule has 160 valence electrons. The highest BCUT2D eigenvalue weighted by Gasteiger charge is 2.26. The lowest BCUT2D eigenvalue weighted by Crippen LogP contribution is -2.44. The summed E-state index contributed by atoms with van der Waals surface area (Å²) in [5, 5.41) is 6.82. The first-order chi connectivity index (χ1) is 15.0. The van der Waals surface area contributed by atoms with E-state index in [1.54, 1.807) is 4.90 Å². The maximum atomic E-state index is 13.0. The molecule has 0 saturated heterocycles. The number of nitrogens with zero attached hydrogens (tertiary/aromatic N) is 4. The largest absolute Gasteiger partial charge is 0.494 e. The molecule has 0 radical (unpaired) electrons. The number of benzene rings is 2. The van der Waals surface area contributed by atoms with Crippen LogP contribution in [0.25, 0.3) is 0 Å². The summed E-state index contributed by atoms with van der Waals surface area (Å²) in [7, 11) is 0. The Morgan fingerprint density at radius 2 is 1.77 bits per heavy atom. The summed E-state index contributed by atoms with van der Waals surface area (Å²) in [4.78, 5) is 39.1. The highest BCUT2D eigenvalue weighted by atomic mass is 19.1. The van der Waals surface area contributed by atoms with Gasteiger partial charge in [-0.15, -0.1) is 5.10 Å². The maximum Gasteiger partial charge on any atom is 0.333 e. The van der Waals surface area contributed by atoms with Crippen molar-refractivity contribution in [3.63, 3.8) is 0 Å². The normalized spacial score (nSPS) is 12.5. The monoisotopic (exact) mass is 425 g/mol. The van der Waals surface area contributed by atoms with Crippen molar-refractivity contribution in [3.8, 4) is 5.75 Å². The summed E-state index contributed by atoms with van der Waals surface area (Å²) in [6.07, 6.45) is 0. The quantitative estimate of drug-likeness (QED) is 0.604. The summed E-state index contributed by atoms with van der Waals surface area (Å²) in [6.45, 7) is 2.77. The molecule has 31 heavy (non-hydrogen) atoms. The smallest absolute Gasteiger partial charge is 0.333 e. The summed E-state index contributed by atoms with van der Waals surface area (Å²) in [5.74, 6) is 0.00894. The minimum Gasteiger partial charge on any atom is -0.494 e. The van der Waals surface area contributed by atoms with Gasteiger partial charge in [0, 0.05) is 24.5 Å². The van der Waals surface area contributed by atoms with E-state index < -0.39 is 29.4 Å². The van der Waals surface area contributed by atoms with Crippen LogP contribution in [-0.2, 0) is 17.9 Å². The van der Waals surface area contributed by atoms with Gasteiger partial charge in [0.2, 0.25) is 11.9 Å². The van der Waals surface area contributed by atoms with E-state index in [9.17, 15) is 18.8 Å². The van der Waals surface area contributed by atoms with Crippen LogP contribution in [0.3, 0.4) is 0 Å². The van der Waals surface area contributed by atoms with Crippen molar-refractivity contribution in [3.05, 3.63) is 75.1 Å². The van der Waals surface area contributed by atoms with Gasteiger partial charge in [-0.05, 0) is 55.5 Å². The number of rotatable bonds is 6. The number of anilines is 3. The van der Waals surface area contributed by atoms with E-state index in [1.165, 1.54) is 28.8 Å². The van der Waals surface area contributed by atoms with Crippen LogP contribution in [0.5, 0.6) is 5.75 Å². The van der Waals surface area contributed by atoms with Crippen LogP contribution >= 0.6 is 0 Å². The van der Waals surface area contributed by atoms with Crippen LogP contribution in [0.1, 0.15) is 6.92 Å². The van der Waals surface area contributed by atoms with Gasteiger partial charge in [-0.2, -0.15) is 0 Å². The number of fused-ring (bicyclic) bond motifs is 1. The van der Waals surface area contributed by atoms with Gasteiger partial charge < -0.3 is 15.0 Å². The topological polar surface area (TPSA) is 98.5 Å². The third kappa shape index (κ3) is 4.18. The molecule has 1 aromatic heterocycles. The third-order valence-electron chi connectivity index (χ3n) is 4.78. The molecule has 2 heterocycles. The fraction of sp³-hybridized carbons (Fsp3) is 0.238. The van der Waals surface area contributed by atoms with Crippen molar-refractivity contribution < 1.29 is 13.9 Å². The number of hydrogen-bond acceptors (Lipinski definition) is 6. The Hall–Kier alpha value is -3.95. The molecule has 0 unspecified atom stereocenters. The van der Waals surface area contributed by atoms with Crippen molar-refractivity contribution in [2.75, 3.05) is 23.4 Å². The van der Waals surface area contributed by atoms with E-state index in [-0.39, 0.29) is 5.95 Å². The van der Waals surface area contributed by atoms with E-state index in [1.807, 2.05) is 31.2 Å². The van der Waals surface area contributed by atoms with Crippen LogP contribution in [0.2, 0.25) is 0 Å². The minimum atomic E-state index is -0.883. The first kappa shape index (κ1) is 20.3. The first-order valence-corrected chi connectivity index (χ1v) is 9.74. The van der Waals surface area contributed by atoms with Crippen LogP contribution in [0.4, 0.5) is 21.7 Å². The average molecular weight is 425 g/mol. The predicted molar refractivity (Wildman–Crippen MR) is 112 cm³/mol. The van der Waals surface area contributed by atoms with Gasteiger partial charge in [-0.1, -0.05) is 0 Å². The second kappa shape index (κ2) is 8.42. The molecule has 1 N–H and O–H groups in total. The summed E-state index contributed by atoms with van der Waals surface area (Å²) < 4.78 is 20.6. The molecular formula is C21H20FN5O4. The fourth-order valence-corrected chi connectivity index (χ4v) is 3.34. The lowest BCUT2D eigenvalue weighted by Gasteiger charge is -2.18. The Morgan fingerprint density at radius 1 is 1.06 bits per heavy atom. The zero-order valence-electron chi connectivity index (χ0n) is 16.7. The summed E-state index contributed by atoms with van der Waals surface area (Å²) >= 11 is 0. The van der Waals surface area contributed by atoms with Gasteiger partial charge in [-0.25, -0.2) is 9.07 Å². The van der Waals surface area contributed by atoms with Gasteiger partial charge in [-0.3, -0.25) is 19.0 Å². The van der Waals surface area contributed by atoms with Crippen LogP contribution in [0, 0.1) is 5.82 Å². The molecule has 0 spiro atoms. The Balaban J connectivity index is 1.59. The number of carbonyl (C=O) groups is 1. The Morgan fingerprint density at radius 3 is 2.45 bits per heavy atom. The van der Waals surface area contributed by atoms with Crippen molar-refractivity contribution >= 4 is 23.2 Å². The fourth-order valence-electron chi connectivity index (χ4n) is 3.34. The van der Waals surface area contributed by atoms with E-state index in [0.717, 1.165) is 16.1 Å². The molecule has 10 heteroatoms. The molecule has 1 aliphatic heterocycles.